The lowest BCUT2D eigenvalue weighted by Crippen LogP contribution is -2.20. The molecular weight excluding hydrogens is 322 g/mol. The second kappa shape index (κ2) is 8.63. The second-order valence-electron chi connectivity index (χ2n) is 5.22. The van der Waals surface area contributed by atoms with Crippen molar-refractivity contribution >= 4 is 23.3 Å². The van der Waals surface area contributed by atoms with E-state index in [-0.39, 0.29) is 24.9 Å². The summed E-state index contributed by atoms with van der Waals surface area (Å²) in [5, 5.41) is 2.67. The number of benzene rings is 2. The van der Waals surface area contributed by atoms with Gasteiger partial charge in [-0.2, -0.15) is 0 Å². The quantitative estimate of drug-likeness (QED) is 0.618. The van der Waals surface area contributed by atoms with Crippen molar-refractivity contribution in [1.29, 1.82) is 0 Å². The first kappa shape index (κ1) is 18.2. The number of amides is 1. The van der Waals surface area contributed by atoms with Crippen LogP contribution in [0.4, 0.5) is 5.69 Å². The molecule has 6 heteroatoms. The maximum Gasteiger partial charge on any atom is 0.338 e. The predicted molar refractivity (Wildman–Crippen MR) is 93.0 cm³/mol. The number of carbonyl (C=O) groups is 3. The van der Waals surface area contributed by atoms with Gasteiger partial charge in [0.25, 0.3) is 5.91 Å². The van der Waals surface area contributed by atoms with E-state index in [9.17, 15) is 14.4 Å². The van der Waals surface area contributed by atoms with E-state index in [0.29, 0.717) is 22.6 Å². The number of rotatable bonds is 7. The molecule has 6 nitrogen and oxygen atoms in total. The summed E-state index contributed by atoms with van der Waals surface area (Å²) in [6, 6.07) is 13.0. The number of hydrogen-bond acceptors (Lipinski definition) is 5. The van der Waals surface area contributed by atoms with E-state index < -0.39 is 5.97 Å². The number of anilines is 1. The average Bonchev–Trinajstić information content (AvgIpc) is 2.61. The Bertz CT molecular complexity index is 768. The smallest absolute Gasteiger partial charge is 0.338 e. The lowest BCUT2D eigenvalue weighted by atomic mass is 10.1. The third-order valence-corrected chi connectivity index (χ3v) is 3.29. The Morgan fingerprint density at radius 2 is 1.72 bits per heavy atom. The summed E-state index contributed by atoms with van der Waals surface area (Å²) < 4.78 is 10.3. The van der Waals surface area contributed by atoms with Crippen molar-refractivity contribution in [2.45, 2.75) is 13.8 Å². The lowest BCUT2D eigenvalue weighted by molar-refractivity contribution is -0.118. The summed E-state index contributed by atoms with van der Waals surface area (Å²) in [4.78, 5) is 34.8. The summed E-state index contributed by atoms with van der Waals surface area (Å²) in [6.07, 6.45) is 0. The van der Waals surface area contributed by atoms with Crippen molar-refractivity contribution < 1.29 is 23.9 Å². The molecule has 0 saturated carbocycles. The highest BCUT2D eigenvalue weighted by Crippen LogP contribution is 2.15. The van der Waals surface area contributed by atoms with Crippen LogP contribution in [0.2, 0.25) is 0 Å². The number of ketones is 1. The number of esters is 1. The van der Waals surface area contributed by atoms with E-state index in [4.69, 9.17) is 9.47 Å². The minimum absolute atomic E-state index is 0.0392. The number of hydrogen-bond donors (Lipinski definition) is 1. The molecule has 0 atom stereocenters. The van der Waals surface area contributed by atoms with Gasteiger partial charge in [0.1, 0.15) is 5.75 Å². The number of nitrogens with one attached hydrogen (secondary N) is 1. The van der Waals surface area contributed by atoms with E-state index in [0.717, 1.165) is 0 Å². The van der Waals surface area contributed by atoms with Gasteiger partial charge in [0.2, 0.25) is 0 Å². The van der Waals surface area contributed by atoms with Crippen LogP contribution in [-0.2, 0) is 9.53 Å². The fraction of sp³-hybridized carbons (Fsp3) is 0.211. The van der Waals surface area contributed by atoms with Crippen LogP contribution in [-0.4, -0.2) is 30.9 Å². The Balaban J connectivity index is 1.90. The third-order valence-electron chi connectivity index (χ3n) is 3.29. The summed E-state index contributed by atoms with van der Waals surface area (Å²) in [5.74, 6) is -0.435. The minimum atomic E-state index is -0.442. The Hall–Kier alpha value is -3.15. The van der Waals surface area contributed by atoms with E-state index >= 15 is 0 Å². The topological polar surface area (TPSA) is 81.7 Å². The van der Waals surface area contributed by atoms with Crippen molar-refractivity contribution in [3.63, 3.8) is 0 Å². The molecule has 0 aromatic heterocycles. The van der Waals surface area contributed by atoms with Gasteiger partial charge >= 0.3 is 5.97 Å². The van der Waals surface area contributed by atoms with Gasteiger partial charge in [-0.3, -0.25) is 9.59 Å². The number of ether oxygens (including phenoxy) is 2. The fourth-order valence-electron chi connectivity index (χ4n) is 2.06. The highest BCUT2D eigenvalue weighted by Gasteiger charge is 2.09. The highest BCUT2D eigenvalue weighted by atomic mass is 16.5. The molecule has 1 amide bonds. The first-order valence-electron chi connectivity index (χ1n) is 7.80. The van der Waals surface area contributed by atoms with Gasteiger partial charge in [-0.15, -0.1) is 0 Å². The molecule has 25 heavy (non-hydrogen) atoms. The second-order valence-corrected chi connectivity index (χ2v) is 5.22. The van der Waals surface area contributed by atoms with Crippen LogP contribution in [0.5, 0.6) is 5.75 Å². The zero-order valence-corrected chi connectivity index (χ0v) is 14.1. The molecule has 0 unspecified atom stereocenters. The molecule has 2 rings (SSSR count). The summed E-state index contributed by atoms with van der Waals surface area (Å²) >= 11 is 0. The summed E-state index contributed by atoms with van der Waals surface area (Å²) in [5.41, 5.74) is 1.50. The molecule has 0 spiro atoms. The first-order valence-corrected chi connectivity index (χ1v) is 7.80. The minimum Gasteiger partial charge on any atom is -0.484 e. The van der Waals surface area contributed by atoms with Crippen molar-refractivity contribution in [3.05, 3.63) is 59.7 Å². The van der Waals surface area contributed by atoms with E-state index in [1.54, 1.807) is 49.4 Å². The molecule has 0 aliphatic carbocycles. The largest absolute Gasteiger partial charge is 0.484 e. The van der Waals surface area contributed by atoms with E-state index in [1.807, 2.05) is 0 Å². The molecule has 2 aromatic carbocycles. The third kappa shape index (κ3) is 5.46. The molecule has 1 N–H and O–H groups in total. The molecule has 0 saturated heterocycles. The Morgan fingerprint density at radius 3 is 2.36 bits per heavy atom. The van der Waals surface area contributed by atoms with Crippen molar-refractivity contribution in [1.82, 2.24) is 0 Å². The van der Waals surface area contributed by atoms with Crippen LogP contribution < -0.4 is 10.1 Å². The standard InChI is InChI=1S/C19H19NO5/c1-3-24-19(23)15-5-4-6-17(11-15)25-12-18(22)20-16-9-7-14(8-10-16)13(2)21/h4-11H,3,12H2,1-2H3,(H,20,22). The molecular formula is C19H19NO5. The molecule has 0 fully saturated rings. The van der Waals surface area contributed by atoms with Crippen LogP contribution >= 0.6 is 0 Å². The highest BCUT2D eigenvalue weighted by molar-refractivity contribution is 5.96. The van der Waals surface area contributed by atoms with E-state index in [1.165, 1.54) is 13.0 Å². The molecule has 130 valence electrons. The van der Waals surface area contributed by atoms with Gasteiger partial charge in [-0.1, -0.05) is 6.07 Å². The monoisotopic (exact) mass is 341 g/mol. The van der Waals surface area contributed by atoms with Gasteiger partial charge in [0.15, 0.2) is 12.4 Å². The van der Waals surface area contributed by atoms with Crippen LogP contribution in [0.25, 0.3) is 0 Å². The molecule has 0 aliphatic heterocycles. The van der Waals surface area contributed by atoms with Crippen molar-refractivity contribution in [3.8, 4) is 5.75 Å². The summed E-state index contributed by atoms with van der Waals surface area (Å²) in [7, 11) is 0. The zero-order chi connectivity index (χ0) is 18.2. The molecule has 0 aliphatic rings. The Kier molecular flexibility index (Phi) is 6.28. The van der Waals surface area contributed by atoms with Crippen LogP contribution in [0.1, 0.15) is 34.6 Å². The maximum atomic E-state index is 11.9. The Morgan fingerprint density at radius 1 is 1.00 bits per heavy atom. The normalized spacial score (nSPS) is 10.0. The molecule has 0 heterocycles. The molecule has 0 bridgehead atoms. The lowest BCUT2D eigenvalue weighted by Gasteiger charge is -2.09. The predicted octanol–water partition coefficient (Wildman–Crippen LogP) is 3.08. The van der Waals surface area contributed by atoms with Crippen LogP contribution in [0, 0.1) is 0 Å². The van der Waals surface area contributed by atoms with Gasteiger partial charge in [-0.05, 0) is 56.3 Å². The molecule has 2 aromatic rings. The fourth-order valence-corrected chi connectivity index (χ4v) is 2.06. The van der Waals surface area contributed by atoms with Gasteiger partial charge < -0.3 is 14.8 Å². The summed E-state index contributed by atoms with van der Waals surface area (Å²) in [6.45, 7) is 3.28. The van der Waals surface area contributed by atoms with Gasteiger partial charge in [-0.25, -0.2) is 4.79 Å². The van der Waals surface area contributed by atoms with E-state index in [2.05, 4.69) is 5.32 Å². The van der Waals surface area contributed by atoms with Gasteiger partial charge in [0.05, 0.1) is 12.2 Å². The number of Topliss-reactive ketones (excluding diaryl/α,β-unsaturated/α-hetero) is 1. The Labute approximate surface area is 145 Å². The van der Waals surface area contributed by atoms with Gasteiger partial charge in [0, 0.05) is 11.3 Å². The van der Waals surface area contributed by atoms with Crippen LogP contribution in [0.15, 0.2) is 48.5 Å². The molecule has 0 radical (unpaired) electrons. The van der Waals surface area contributed by atoms with Crippen molar-refractivity contribution in [2.24, 2.45) is 0 Å². The average molecular weight is 341 g/mol. The van der Waals surface area contributed by atoms with Crippen molar-refractivity contribution in [2.75, 3.05) is 18.5 Å². The maximum absolute atomic E-state index is 11.9. The zero-order valence-electron chi connectivity index (χ0n) is 14.1. The van der Waals surface area contributed by atoms with Crippen LogP contribution in [0.3, 0.4) is 0 Å². The number of carbonyl (C=O) groups excluding carboxylic acids is 3. The first-order chi connectivity index (χ1) is 12.0. The SMILES string of the molecule is CCOC(=O)c1cccc(OCC(=O)Nc2ccc(C(C)=O)cc2)c1.